The Morgan fingerprint density at radius 3 is 2.95 bits per heavy atom. The molecule has 98 valence electrons. The molecule has 0 aromatic heterocycles. The van der Waals surface area contributed by atoms with Gasteiger partial charge in [0.15, 0.2) is 0 Å². The summed E-state index contributed by atoms with van der Waals surface area (Å²) in [6.45, 7) is 2.60. The molecule has 0 spiro atoms. The van der Waals surface area contributed by atoms with Crippen LogP contribution in [0.4, 0.5) is 0 Å². The molecule has 2 aromatic rings. The fraction of sp³-hybridized carbons (Fsp3) is 0.250. The van der Waals surface area contributed by atoms with Crippen molar-refractivity contribution in [1.29, 1.82) is 0 Å². The van der Waals surface area contributed by atoms with Crippen molar-refractivity contribution < 1.29 is 9.47 Å². The van der Waals surface area contributed by atoms with Crippen molar-refractivity contribution in [2.75, 3.05) is 6.61 Å². The zero-order chi connectivity index (χ0) is 13.2. The minimum atomic E-state index is 0.0630. The first kappa shape index (κ1) is 12.4. The number of benzene rings is 2. The Morgan fingerprint density at radius 2 is 2.11 bits per heavy atom. The van der Waals surface area contributed by atoms with E-state index < -0.39 is 0 Å². The van der Waals surface area contributed by atoms with Gasteiger partial charge in [0.05, 0.1) is 5.02 Å². The molecule has 3 heteroatoms. The van der Waals surface area contributed by atoms with Gasteiger partial charge in [-0.3, -0.25) is 0 Å². The molecule has 19 heavy (non-hydrogen) atoms. The van der Waals surface area contributed by atoms with Crippen LogP contribution >= 0.6 is 11.6 Å². The highest BCUT2D eigenvalue weighted by atomic mass is 35.5. The van der Waals surface area contributed by atoms with E-state index >= 15 is 0 Å². The van der Waals surface area contributed by atoms with Crippen LogP contribution in [0.25, 0.3) is 0 Å². The molecule has 0 saturated heterocycles. The summed E-state index contributed by atoms with van der Waals surface area (Å²) in [5, 5.41) is 0.633. The van der Waals surface area contributed by atoms with Crippen molar-refractivity contribution in [3.05, 3.63) is 58.6 Å². The normalized spacial score (nSPS) is 16.8. The maximum atomic E-state index is 6.05. The maximum absolute atomic E-state index is 6.05. The second-order valence-corrected chi connectivity index (χ2v) is 5.20. The van der Waals surface area contributed by atoms with Crippen molar-refractivity contribution >= 4 is 11.6 Å². The van der Waals surface area contributed by atoms with Crippen LogP contribution in [0.1, 0.15) is 11.1 Å². The van der Waals surface area contributed by atoms with E-state index in [0.29, 0.717) is 17.4 Å². The Labute approximate surface area is 117 Å². The van der Waals surface area contributed by atoms with Gasteiger partial charge in [-0.25, -0.2) is 0 Å². The van der Waals surface area contributed by atoms with Crippen molar-refractivity contribution in [3.8, 4) is 11.5 Å². The van der Waals surface area contributed by atoms with E-state index in [1.807, 2.05) is 30.3 Å². The van der Waals surface area contributed by atoms with Crippen LogP contribution in [0.15, 0.2) is 42.5 Å². The SMILES string of the molecule is Cc1ccc2c(c1)CC(COc1ccccc1Cl)O2. The van der Waals surface area contributed by atoms with Gasteiger partial charge in [-0.2, -0.15) is 0 Å². The average Bonchev–Trinajstić information content (AvgIpc) is 2.79. The zero-order valence-electron chi connectivity index (χ0n) is 10.7. The minimum absolute atomic E-state index is 0.0630. The Morgan fingerprint density at radius 1 is 1.26 bits per heavy atom. The van der Waals surface area contributed by atoms with Gasteiger partial charge < -0.3 is 9.47 Å². The number of ether oxygens (including phenoxy) is 2. The summed E-state index contributed by atoms with van der Waals surface area (Å²) >= 11 is 6.05. The number of fused-ring (bicyclic) bond motifs is 1. The van der Waals surface area contributed by atoms with Crippen LogP contribution in [0.3, 0.4) is 0 Å². The highest BCUT2D eigenvalue weighted by Gasteiger charge is 2.23. The molecule has 1 unspecified atom stereocenters. The number of para-hydroxylation sites is 1. The first-order valence-corrected chi connectivity index (χ1v) is 6.74. The second-order valence-electron chi connectivity index (χ2n) is 4.80. The molecule has 1 aliphatic rings. The third-order valence-electron chi connectivity index (χ3n) is 3.22. The molecule has 3 rings (SSSR count). The zero-order valence-corrected chi connectivity index (χ0v) is 11.5. The molecule has 0 bridgehead atoms. The van der Waals surface area contributed by atoms with Gasteiger partial charge in [-0.05, 0) is 30.7 Å². The lowest BCUT2D eigenvalue weighted by Crippen LogP contribution is -2.22. The summed E-state index contributed by atoms with van der Waals surface area (Å²) in [6.07, 6.45) is 0.953. The Balaban J connectivity index is 1.63. The van der Waals surface area contributed by atoms with Gasteiger partial charge >= 0.3 is 0 Å². The van der Waals surface area contributed by atoms with Crippen molar-refractivity contribution in [1.82, 2.24) is 0 Å². The quantitative estimate of drug-likeness (QED) is 0.841. The average molecular weight is 275 g/mol. The Hall–Kier alpha value is -1.67. The summed E-state index contributed by atoms with van der Waals surface area (Å²) in [5.41, 5.74) is 2.52. The fourth-order valence-electron chi connectivity index (χ4n) is 2.29. The van der Waals surface area contributed by atoms with Crippen LogP contribution in [0.2, 0.25) is 5.02 Å². The molecule has 1 heterocycles. The lowest BCUT2D eigenvalue weighted by atomic mass is 10.1. The third-order valence-corrected chi connectivity index (χ3v) is 3.53. The topological polar surface area (TPSA) is 18.5 Å². The Kier molecular flexibility index (Phi) is 3.34. The van der Waals surface area contributed by atoms with E-state index in [4.69, 9.17) is 21.1 Å². The third kappa shape index (κ3) is 2.69. The fourth-order valence-corrected chi connectivity index (χ4v) is 2.48. The first-order valence-electron chi connectivity index (χ1n) is 6.36. The molecule has 1 aliphatic heterocycles. The van der Waals surface area contributed by atoms with E-state index in [1.54, 1.807) is 0 Å². The monoisotopic (exact) mass is 274 g/mol. The van der Waals surface area contributed by atoms with E-state index in [-0.39, 0.29) is 6.10 Å². The summed E-state index contributed by atoms with van der Waals surface area (Å²) < 4.78 is 11.6. The summed E-state index contributed by atoms with van der Waals surface area (Å²) in [6, 6.07) is 13.8. The molecule has 0 aliphatic carbocycles. The second kappa shape index (κ2) is 5.14. The number of hydrogen-bond acceptors (Lipinski definition) is 2. The lowest BCUT2D eigenvalue weighted by molar-refractivity contribution is 0.148. The number of aryl methyl sites for hydroxylation is 1. The molecule has 2 nitrogen and oxygen atoms in total. The molecule has 0 fully saturated rings. The predicted molar refractivity (Wildman–Crippen MR) is 76.2 cm³/mol. The lowest BCUT2D eigenvalue weighted by Gasteiger charge is -2.13. The molecule has 1 atom stereocenters. The van der Waals surface area contributed by atoms with Crippen LogP contribution in [0, 0.1) is 6.92 Å². The minimum Gasteiger partial charge on any atom is -0.488 e. The van der Waals surface area contributed by atoms with Crippen LogP contribution in [-0.4, -0.2) is 12.7 Å². The molecule has 0 amide bonds. The number of halogens is 1. The van der Waals surface area contributed by atoms with Gasteiger partial charge in [-0.15, -0.1) is 0 Å². The van der Waals surface area contributed by atoms with Crippen LogP contribution < -0.4 is 9.47 Å². The number of rotatable bonds is 3. The molecular weight excluding hydrogens is 260 g/mol. The van der Waals surface area contributed by atoms with Crippen LogP contribution in [0.5, 0.6) is 11.5 Å². The summed E-state index contributed by atoms with van der Waals surface area (Å²) in [7, 11) is 0. The van der Waals surface area contributed by atoms with E-state index in [9.17, 15) is 0 Å². The van der Waals surface area contributed by atoms with Crippen LogP contribution in [-0.2, 0) is 6.42 Å². The van der Waals surface area contributed by atoms with Gasteiger partial charge in [-0.1, -0.05) is 41.4 Å². The Bertz CT molecular complexity index is 595. The summed E-state index contributed by atoms with van der Waals surface area (Å²) in [5.74, 6) is 1.68. The van der Waals surface area contributed by atoms with Crippen molar-refractivity contribution in [2.45, 2.75) is 19.4 Å². The molecule has 0 radical (unpaired) electrons. The molecule has 0 N–H and O–H groups in total. The first-order chi connectivity index (χ1) is 9.22. The molecule has 0 saturated carbocycles. The highest BCUT2D eigenvalue weighted by molar-refractivity contribution is 6.32. The van der Waals surface area contributed by atoms with E-state index in [2.05, 4.69) is 19.1 Å². The highest BCUT2D eigenvalue weighted by Crippen LogP contribution is 2.30. The van der Waals surface area contributed by atoms with Gasteiger partial charge in [0.1, 0.15) is 24.2 Å². The van der Waals surface area contributed by atoms with Gasteiger partial charge in [0.2, 0.25) is 0 Å². The van der Waals surface area contributed by atoms with E-state index in [1.165, 1.54) is 11.1 Å². The van der Waals surface area contributed by atoms with E-state index in [0.717, 1.165) is 12.2 Å². The molecular formula is C16H15ClO2. The predicted octanol–water partition coefficient (Wildman–Crippen LogP) is 4.03. The largest absolute Gasteiger partial charge is 0.488 e. The standard InChI is InChI=1S/C16H15ClO2/c1-11-6-7-15-12(8-11)9-13(19-15)10-18-16-5-3-2-4-14(16)17/h2-8,13H,9-10H2,1H3. The molecule has 2 aromatic carbocycles. The summed E-state index contributed by atoms with van der Waals surface area (Å²) in [4.78, 5) is 0. The van der Waals surface area contributed by atoms with Crippen molar-refractivity contribution in [2.24, 2.45) is 0 Å². The smallest absolute Gasteiger partial charge is 0.138 e. The van der Waals surface area contributed by atoms with Gasteiger partial charge in [0.25, 0.3) is 0 Å². The maximum Gasteiger partial charge on any atom is 0.138 e. The van der Waals surface area contributed by atoms with Crippen molar-refractivity contribution in [3.63, 3.8) is 0 Å². The number of hydrogen-bond donors (Lipinski definition) is 0. The van der Waals surface area contributed by atoms with Gasteiger partial charge in [0, 0.05) is 6.42 Å².